The van der Waals surface area contributed by atoms with Gasteiger partial charge in [-0.3, -0.25) is 48.3 Å². The lowest BCUT2D eigenvalue weighted by Gasteiger charge is -2.32. The maximum atomic E-state index is 12.8. The van der Waals surface area contributed by atoms with E-state index in [1.54, 1.807) is 13.8 Å². The number of aliphatic carboxylic acids is 7. The molecule has 20 nitrogen and oxygen atoms in total. The molecule has 8 bridgehead atoms. The summed E-state index contributed by atoms with van der Waals surface area (Å²) in [6, 6.07) is 5.84. The molecule has 0 radical (unpaired) electrons. The summed E-state index contributed by atoms with van der Waals surface area (Å²) < 4.78 is 0. The lowest BCUT2D eigenvalue weighted by atomic mass is 9.69. The molecule has 0 aliphatic carbocycles. The first-order valence-corrected chi connectivity index (χ1v) is 19.6. The third-order valence-electron chi connectivity index (χ3n) is 11.8. The number of carbonyl (C=O) groups is 8. The highest BCUT2D eigenvalue weighted by Crippen LogP contribution is 2.51. The highest BCUT2D eigenvalue weighted by Gasteiger charge is 2.48. The van der Waals surface area contributed by atoms with Crippen LogP contribution in [0.2, 0.25) is 0 Å². The molecule has 11 N–H and O–H groups in total. The molecule has 0 aromatic carbocycles. The van der Waals surface area contributed by atoms with Gasteiger partial charge in [-0.1, -0.05) is 13.8 Å². The topological polar surface area (TPSA) is 362 Å². The van der Waals surface area contributed by atoms with Crippen molar-refractivity contribution in [2.45, 2.75) is 114 Å². The van der Waals surface area contributed by atoms with Crippen molar-refractivity contribution in [3.63, 3.8) is 0 Å². The normalized spacial score (nSPS) is 19.5. The summed E-state index contributed by atoms with van der Waals surface area (Å²) in [6.07, 6.45) is -4.72. The number of amides is 1. The van der Waals surface area contributed by atoms with Crippen LogP contribution in [0.4, 0.5) is 0 Å². The Morgan fingerprint density at radius 2 is 0.903 bits per heavy atom. The highest BCUT2D eigenvalue weighted by molar-refractivity contribution is 5.86. The van der Waals surface area contributed by atoms with E-state index in [0.29, 0.717) is 0 Å². The Hall–Kier alpha value is -7.12. The lowest BCUT2D eigenvalue weighted by Crippen LogP contribution is -2.33. The van der Waals surface area contributed by atoms with Crippen molar-refractivity contribution in [3.05, 3.63) is 69.3 Å². The molecule has 5 heterocycles. The average molecular weight is 862 g/mol. The second-order valence-electron chi connectivity index (χ2n) is 16.2. The van der Waals surface area contributed by atoms with Crippen LogP contribution < -0.4 is 5.73 Å². The summed E-state index contributed by atoms with van der Waals surface area (Å²) in [6.45, 7) is 3.19. The number of H-pyrrole nitrogens is 2. The second-order valence-corrected chi connectivity index (χ2v) is 16.2. The van der Waals surface area contributed by atoms with Gasteiger partial charge in [-0.15, -0.1) is 0 Å². The van der Waals surface area contributed by atoms with Crippen molar-refractivity contribution in [2.75, 3.05) is 0 Å². The Morgan fingerprint density at radius 1 is 0.516 bits per heavy atom. The Balaban J connectivity index is 2.11. The van der Waals surface area contributed by atoms with Gasteiger partial charge in [-0.05, 0) is 72.2 Å². The monoisotopic (exact) mass is 861 g/mol. The summed E-state index contributed by atoms with van der Waals surface area (Å²) in [5, 5.41) is 69.5. The van der Waals surface area contributed by atoms with E-state index in [2.05, 4.69) is 9.97 Å². The zero-order valence-corrected chi connectivity index (χ0v) is 33.8. The van der Waals surface area contributed by atoms with Crippen molar-refractivity contribution < 1.29 is 74.1 Å². The van der Waals surface area contributed by atoms with E-state index in [0.717, 1.165) is 0 Å². The number of aromatic nitrogens is 4. The predicted octanol–water partition coefficient (Wildman–Crippen LogP) is 3.77. The van der Waals surface area contributed by atoms with Crippen LogP contribution in [0.25, 0.3) is 22.1 Å². The quantitative estimate of drug-likeness (QED) is 0.0772. The Kier molecular flexibility index (Phi) is 13.5. The van der Waals surface area contributed by atoms with Gasteiger partial charge in [0.2, 0.25) is 5.91 Å². The summed E-state index contributed by atoms with van der Waals surface area (Å²) in [5.41, 5.74) is 4.79. The van der Waals surface area contributed by atoms with Crippen LogP contribution in [-0.2, 0) is 74.9 Å². The fraction of sp³-hybridized carbons (Fsp3) is 0.429. The highest BCUT2D eigenvalue weighted by atomic mass is 16.4. The molecule has 3 aromatic rings. The van der Waals surface area contributed by atoms with E-state index in [1.807, 2.05) is 0 Å². The fourth-order valence-corrected chi connectivity index (χ4v) is 8.98. The Bertz CT molecular complexity index is 2540. The molecule has 3 aromatic heterocycles. The molecule has 5 rings (SSSR count). The molecule has 2 aliphatic heterocycles. The number of nitrogens with zero attached hydrogens (tertiary/aromatic N) is 2. The minimum Gasteiger partial charge on any atom is -0.481 e. The molecule has 0 saturated carbocycles. The molecule has 20 heteroatoms. The first kappa shape index (κ1) is 46.0. The number of hydrogen-bond acceptors (Lipinski definition) is 10. The molecule has 1 amide bonds. The minimum absolute atomic E-state index is 0.101. The van der Waals surface area contributed by atoms with Gasteiger partial charge in [0.1, 0.15) is 0 Å². The summed E-state index contributed by atoms with van der Waals surface area (Å²) in [5.74, 6) is -11.3. The van der Waals surface area contributed by atoms with E-state index in [9.17, 15) is 74.1 Å². The summed E-state index contributed by atoms with van der Waals surface area (Å²) >= 11 is 0. The second kappa shape index (κ2) is 18.2. The van der Waals surface area contributed by atoms with Crippen LogP contribution in [0.5, 0.6) is 0 Å². The molecular formula is C42H47N5O15. The number of primary amides is 1. The molecule has 2 aliphatic rings. The van der Waals surface area contributed by atoms with Gasteiger partial charge in [0, 0.05) is 99.6 Å². The van der Waals surface area contributed by atoms with E-state index in [-0.39, 0.29) is 99.2 Å². The van der Waals surface area contributed by atoms with Gasteiger partial charge < -0.3 is 51.4 Å². The zero-order valence-electron chi connectivity index (χ0n) is 33.8. The summed E-state index contributed by atoms with van der Waals surface area (Å²) in [7, 11) is 0. The smallest absolute Gasteiger partial charge is 0.307 e. The standard InChI is InChI=1S/C42H47N5O15/c1-41(17-33(43)48)24(6-10-37(55)56)30-16-32-42(2,18-40(61)62)23(5-9-36(53)54)29(46-32)14-27-21(11-38(57)58)19(3-7-34(49)50)25(44-27)13-26-20(4-8-35(51)52)22(12-39(59)60)28(45-26)15-31(41)47-30/h13-16,23-24,44-45H,3-12,17-18H2,1-2H3,(H2,43,48)(H,49,50)(H,51,52)(H,53,54)(H,55,56)(H,57,58)(H,59,60)(H,61,62)/t23-,24-,41+,42+/m1/s1. The SMILES string of the molecule is C[C@@]1(CC(N)=O)c2cc3[nH]c(cc4[nH]c(cc5nc(cc(n2)[C@H]1CCC(=O)O)[C@@](C)(CC(=O)O)[C@@H]5CCC(=O)O)c(CC(=O)O)c4CCC(=O)O)c(CCC(=O)O)c3CC(=O)O. The molecule has 330 valence electrons. The van der Waals surface area contributed by atoms with Crippen molar-refractivity contribution in [3.8, 4) is 0 Å². The van der Waals surface area contributed by atoms with Gasteiger partial charge in [0.15, 0.2) is 0 Å². The van der Waals surface area contributed by atoms with Crippen molar-refractivity contribution in [1.82, 2.24) is 19.9 Å². The van der Waals surface area contributed by atoms with Crippen LogP contribution >= 0.6 is 0 Å². The van der Waals surface area contributed by atoms with Crippen LogP contribution in [-0.4, -0.2) is 103 Å². The number of carboxylic acid groups (broad SMARTS) is 7. The maximum absolute atomic E-state index is 12.8. The van der Waals surface area contributed by atoms with Gasteiger partial charge in [-0.25, -0.2) is 0 Å². The molecule has 62 heavy (non-hydrogen) atoms. The first-order valence-electron chi connectivity index (χ1n) is 19.6. The Morgan fingerprint density at radius 3 is 1.31 bits per heavy atom. The maximum Gasteiger partial charge on any atom is 0.307 e. The van der Waals surface area contributed by atoms with Crippen LogP contribution in [0.15, 0.2) is 24.3 Å². The third kappa shape index (κ3) is 10.1. The summed E-state index contributed by atoms with van der Waals surface area (Å²) in [4.78, 5) is 114. The van der Waals surface area contributed by atoms with Crippen LogP contribution in [0.3, 0.4) is 0 Å². The van der Waals surface area contributed by atoms with Crippen LogP contribution in [0, 0.1) is 0 Å². The largest absolute Gasteiger partial charge is 0.481 e. The number of nitrogens with two attached hydrogens (primary N) is 1. The van der Waals surface area contributed by atoms with E-state index in [4.69, 9.17) is 15.7 Å². The van der Waals surface area contributed by atoms with Crippen molar-refractivity contribution in [1.29, 1.82) is 0 Å². The minimum atomic E-state index is -1.46. The van der Waals surface area contributed by atoms with Gasteiger partial charge >= 0.3 is 41.8 Å². The van der Waals surface area contributed by atoms with Gasteiger partial charge in [-0.2, -0.15) is 0 Å². The van der Waals surface area contributed by atoms with Gasteiger partial charge in [0.05, 0.1) is 19.3 Å². The van der Waals surface area contributed by atoms with Crippen molar-refractivity contribution in [2.24, 2.45) is 5.73 Å². The van der Waals surface area contributed by atoms with Gasteiger partial charge in [0.25, 0.3) is 0 Å². The number of hydrogen-bond donors (Lipinski definition) is 10. The molecule has 0 fully saturated rings. The number of rotatable bonds is 20. The number of carboxylic acids is 7. The van der Waals surface area contributed by atoms with Crippen LogP contribution in [0.1, 0.15) is 122 Å². The lowest BCUT2D eigenvalue weighted by molar-refractivity contribution is -0.139. The van der Waals surface area contributed by atoms with E-state index < -0.39 is 115 Å². The number of carbonyl (C=O) groups excluding carboxylic acids is 1. The molecule has 0 saturated heterocycles. The number of aromatic amines is 2. The van der Waals surface area contributed by atoms with Crippen molar-refractivity contribution >= 4 is 69.8 Å². The molecule has 0 unspecified atom stereocenters. The molecule has 4 atom stereocenters. The fourth-order valence-electron chi connectivity index (χ4n) is 8.98. The third-order valence-corrected chi connectivity index (χ3v) is 11.8. The number of fused-ring (bicyclic) bond motifs is 8. The van der Waals surface area contributed by atoms with E-state index >= 15 is 0 Å². The predicted molar refractivity (Wildman–Crippen MR) is 216 cm³/mol. The number of aryl methyl sites for hydroxylation is 2. The molecule has 0 spiro atoms. The Labute approximate surface area is 351 Å². The zero-order chi connectivity index (χ0) is 45.8. The number of nitrogens with one attached hydrogen (secondary N) is 2. The average Bonchev–Trinajstić information content (AvgIpc) is 3.77. The van der Waals surface area contributed by atoms with E-state index in [1.165, 1.54) is 24.3 Å². The first-order chi connectivity index (χ1) is 29.0. The molecular weight excluding hydrogens is 814 g/mol.